The monoisotopic (exact) mass is 225 g/mol. The average molecular weight is 225 g/mol. The predicted octanol–water partition coefficient (Wildman–Crippen LogP) is 3.67. The van der Waals surface area contributed by atoms with Gasteiger partial charge < -0.3 is 4.90 Å². The minimum Gasteiger partial charge on any atom is -0.374 e. The summed E-state index contributed by atoms with van der Waals surface area (Å²) in [5, 5.41) is 0. The first-order valence-corrected chi connectivity index (χ1v) is 6.07. The van der Waals surface area contributed by atoms with Crippen molar-refractivity contribution in [3.05, 3.63) is 65.7 Å². The number of aryl methyl sites for hydroxylation is 1. The highest BCUT2D eigenvalue weighted by molar-refractivity contribution is 5.45. The maximum absolute atomic E-state index is 2.29. The van der Waals surface area contributed by atoms with Crippen LogP contribution in [0.1, 0.15) is 11.1 Å². The molecule has 0 heterocycles. The van der Waals surface area contributed by atoms with Crippen molar-refractivity contribution in [1.82, 2.24) is 0 Å². The van der Waals surface area contributed by atoms with Crippen LogP contribution in [0, 0.1) is 6.92 Å². The number of nitrogens with zero attached hydrogens (tertiary/aromatic N) is 1. The fourth-order valence-electron chi connectivity index (χ4n) is 1.86. The molecule has 2 aromatic carbocycles. The van der Waals surface area contributed by atoms with E-state index < -0.39 is 0 Å². The molecule has 0 aliphatic carbocycles. The molecular weight excluding hydrogens is 206 g/mol. The zero-order chi connectivity index (χ0) is 12.1. The molecule has 0 radical (unpaired) electrons. The second-order valence-corrected chi connectivity index (χ2v) is 4.49. The van der Waals surface area contributed by atoms with E-state index >= 15 is 0 Å². The van der Waals surface area contributed by atoms with Crippen LogP contribution in [0.2, 0.25) is 0 Å². The van der Waals surface area contributed by atoms with E-state index in [1.807, 2.05) is 0 Å². The van der Waals surface area contributed by atoms with E-state index in [-0.39, 0.29) is 0 Å². The van der Waals surface area contributed by atoms with Crippen molar-refractivity contribution < 1.29 is 0 Å². The highest BCUT2D eigenvalue weighted by Gasteiger charge is 2.00. The molecule has 17 heavy (non-hydrogen) atoms. The van der Waals surface area contributed by atoms with Gasteiger partial charge >= 0.3 is 0 Å². The van der Waals surface area contributed by atoms with Gasteiger partial charge in [-0.05, 0) is 31.0 Å². The summed E-state index contributed by atoms with van der Waals surface area (Å²) in [5.74, 6) is 0. The van der Waals surface area contributed by atoms with E-state index in [1.54, 1.807) is 0 Å². The Hall–Kier alpha value is -1.76. The first kappa shape index (κ1) is 11.7. The minimum absolute atomic E-state index is 1.05. The minimum atomic E-state index is 1.05. The lowest BCUT2D eigenvalue weighted by atomic mass is 10.1. The Morgan fingerprint density at radius 2 is 1.53 bits per heavy atom. The Morgan fingerprint density at radius 1 is 0.882 bits per heavy atom. The summed E-state index contributed by atoms with van der Waals surface area (Å²) in [6.07, 6.45) is 1.09. The van der Waals surface area contributed by atoms with Crippen LogP contribution in [-0.4, -0.2) is 13.6 Å². The van der Waals surface area contributed by atoms with Gasteiger partial charge in [0.05, 0.1) is 0 Å². The lowest BCUT2D eigenvalue weighted by Gasteiger charge is -2.19. The number of benzene rings is 2. The van der Waals surface area contributed by atoms with E-state index in [4.69, 9.17) is 0 Å². The first-order chi connectivity index (χ1) is 8.25. The van der Waals surface area contributed by atoms with Crippen molar-refractivity contribution in [3.63, 3.8) is 0 Å². The van der Waals surface area contributed by atoms with E-state index in [0.717, 1.165) is 13.0 Å². The molecule has 88 valence electrons. The second kappa shape index (κ2) is 5.53. The van der Waals surface area contributed by atoms with Crippen molar-refractivity contribution in [2.24, 2.45) is 0 Å². The molecule has 0 spiro atoms. The van der Waals surface area contributed by atoms with Gasteiger partial charge in [0.25, 0.3) is 0 Å². The summed E-state index contributed by atoms with van der Waals surface area (Å²) >= 11 is 0. The number of para-hydroxylation sites is 1. The molecule has 1 heteroatoms. The molecule has 0 atom stereocenters. The summed E-state index contributed by atoms with van der Waals surface area (Å²) in [6.45, 7) is 3.17. The van der Waals surface area contributed by atoms with Gasteiger partial charge in [-0.15, -0.1) is 0 Å². The highest BCUT2D eigenvalue weighted by Crippen LogP contribution is 2.12. The smallest absolute Gasteiger partial charge is 0.0363 e. The van der Waals surface area contributed by atoms with E-state index in [1.165, 1.54) is 16.8 Å². The number of likely N-dealkylation sites (N-methyl/N-ethyl adjacent to an activating group) is 1. The van der Waals surface area contributed by atoms with E-state index in [0.29, 0.717) is 0 Å². The zero-order valence-corrected chi connectivity index (χ0v) is 10.6. The Balaban J connectivity index is 1.92. The van der Waals surface area contributed by atoms with Crippen molar-refractivity contribution in [2.75, 3.05) is 18.5 Å². The summed E-state index contributed by atoms with van der Waals surface area (Å²) in [7, 11) is 2.14. The largest absolute Gasteiger partial charge is 0.374 e. The molecule has 0 aliphatic heterocycles. The number of rotatable bonds is 4. The van der Waals surface area contributed by atoms with Crippen LogP contribution in [-0.2, 0) is 6.42 Å². The Kier molecular flexibility index (Phi) is 3.81. The van der Waals surface area contributed by atoms with Crippen LogP contribution >= 0.6 is 0 Å². The summed E-state index contributed by atoms with van der Waals surface area (Å²) in [5.41, 5.74) is 4.00. The molecule has 0 N–H and O–H groups in total. The van der Waals surface area contributed by atoms with Gasteiger partial charge in [-0.1, -0.05) is 48.0 Å². The zero-order valence-electron chi connectivity index (χ0n) is 10.6. The molecule has 0 amide bonds. The van der Waals surface area contributed by atoms with E-state index in [2.05, 4.69) is 73.5 Å². The maximum atomic E-state index is 2.29. The molecule has 2 aromatic rings. The lowest BCUT2D eigenvalue weighted by Crippen LogP contribution is -2.20. The van der Waals surface area contributed by atoms with Gasteiger partial charge in [0.1, 0.15) is 0 Å². The fourth-order valence-corrected chi connectivity index (χ4v) is 1.86. The fraction of sp³-hybridized carbons (Fsp3) is 0.250. The normalized spacial score (nSPS) is 10.2. The lowest BCUT2D eigenvalue weighted by molar-refractivity contribution is 0.876. The highest BCUT2D eigenvalue weighted by atomic mass is 15.1. The second-order valence-electron chi connectivity index (χ2n) is 4.49. The molecule has 0 saturated carbocycles. The van der Waals surface area contributed by atoms with Gasteiger partial charge in [0, 0.05) is 19.3 Å². The van der Waals surface area contributed by atoms with E-state index in [9.17, 15) is 0 Å². The van der Waals surface area contributed by atoms with Crippen LogP contribution in [0.25, 0.3) is 0 Å². The molecule has 0 aromatic heterocycles. The van der Waals surface area contributed by atoms with Crippen molar-refractivity contribution in [2.45, 2.75) is 13.3 Å². The standard InChI is InChI=1S/C16H19N/c1-14-8-10-15(11-9-14)12-13-17(2)16-6-4-3-5-7-16/h3-11H,12-13H2,1-2H3. The number of hydrogen-bond acceptors (Lipinski definition) is 1. The summed E-state index contributed by atoms with van der Waals surface area (Å²) in [4.78, 5) is 2.29. The van der Waals surface area contributed by atoms with Gasteiger partial charge in [-0.3, -0.25) is 0 Å². The topological polar surface area (TPSA) is 3.24 Å². The Labute approximate surface area is 104 Å². The quantitative estimate of drug-likeness (QED) is 0.767. The van der Waals surface area contributed by atoms with Crippen molar-refractivity contribution in [1.29, 1.82) is 0 Å². The Morgan fingerprint density at radius 3 is 2.18 bits per heavy atom. The maximum Gasteiger partial charge on any atom is 0.0363 e. The molecule has 0 unspecified atom stereocenters. The third kappa shape index (κ3) is 3.35. The third-order valence-corrected chi connectivity index (χ3v) is 3.05. The molecular formula is C16H19N. The molecule has 2 rings (SSSR count). The average Bonchev–Trinajstić information content (AvgIpc) is 2.39. The van der Waals surface area contributed by atoms with Gasteiger partial charge in [-0.25, -0.2) is 0 Å². The summed E-state index contributed by atoms with van der Waals surface area (Å²) < 4.78 is 0. The number of anilines is 1. The van der Waals surface area contributed by atoms with Crippen LogP contribution in [0.15, 0.2) is 54.6 Å². The van der Waals surface area contributed by atoms with Crippen LogP contribution in [0.4, 0.5) is 5.69 Å². The predicted molar refractivity (Wildman–Crippen MR) is 74.6 cm³/mol. The van der Waals surface area contributed by atoms with Gasteiger partial charge in [-0.2, -0.15) is 0 Å². The first-order valence-electron chi connectivity index (χ1n) is 6.07. The Bertz CT molecular complexity index is 445. The molecule has 0 saturated heterocycles. The van der Waals surface area contributed by atoms with Crippen LogP contribution in [0.3, 0.4) is 0 Å². The molecule has 0 aliphatic rings. The van der Waals surface area contributed by atoms with Crippen molar-refractivity contribution >= 4 is 5.69 Å². The molecule has 0 fully saturated rings. The molecule has 1 nitrogen and oxygen atoms in total. The van der Waals surface area contributed by atoms with Crippen LogP contribution < -0.4 is 4.90 Å². The van der Waals surface area contributed by atoms with Crippen molar-refractivity contribution in [3.8, 4) is 0 Å². The third-order valence-electron chi connectivity index (χ3n) is 3.05. The van der Waals surface area contributed by atoms with Gasteiger partial charge in [0.15, 0.2) is 0 Å². The number of hydrogen-bond donors (Lipinski definition) is 0. The van der Waals surface area contributed by atoms with Crippen LogP contribution in [0.5, 0.6) is 0 Å². The molecule has 0 bridgehead atoms. The SMILES string of the molecule is Cc1ccc(CCN(C)c2ccccc2)cc1. The summed E-state index contributed by atoms with van der Waals surface area (Å²) in [6, 6.07) is 19.3. The van der Waals surface area contributed by atoms with Gasteiger partial charge in [0.2, 0.25) is 0 Å².